The molecule has 0 aliphatic heterocycles. The van der Waals surface area contributed by atoms with Crippen LogP contribution in [-0.2, 0) is 10.0 Å². The average Bonchev–Trinajstić information content (AvgIpc) is 2.49. The summed E-state index contributed by atoms with van der Waals surface area (Å²) in [6.07, 6.45) is 6.32. The van der Waals surface area contributed by atoms with E-state index in [-0.39, 0.29) is 0 Å². The summed E-state index contributed by atoms with van der Waals surface area (Å²) < 4.78 is 27.1. The molecule has 6 heteroatoms. The first-order valence-electron chi connectivity index (χ1n) is 7.43. The molecule has 0 spiro atoms. The van der Waals surface area contributed by atoms with E-state index < -0.39 is 10.0 Å². The number of hydrogen-bond donors (Lipinski definition) is 2. The van der Waals surface area contributed by atoms with Crippen molar-refractivity contribution in [2.24, 2.45) is 0 Å². The first-order chi connectivity index (χ1) is 10.1. The predicted molar refractivity (Wildman–Crippen MR) is 92.6 cm³/mol. The summed E-state index contributed by atoms with van der Waals surface area (Å²) in [6, 6.07) is 7.08. The van der Waals surface area contributed by atoms with E-state index in [1.807, 2.05) is 30.8 Å². The molecule has 0 radical (unpaired) electrons. The highest BCUT2D eigenvalue weighted by Crippen LogP contribution is 2.20. The Morgan fingerprint density at radius 3 is 2.57 bits per heavy atom. The monoisotopic (exact) mass is 330 g/mol. The summed E-state index contributed by atoms with van der Waals surface area (Å²) >= 11 is 1.86. The molecule has 0 atom stereocenters. The molecule has 0 heterocycles. The molecule has 0 amide bonds. The van der Waals surface area contributed by atoms with Gasteiger partial charge in [0.15, 0.2) is 0 Å². The lowest BCUT2D eigenvalue weighted by atomic mass is 10.2. The van der Waals surface area contributed by atoms with Crippen LogP contribution in [0.5, 0.6) is 0 Å². The first kappa shape index (κ1) is 18.3. The Morgan fingerprint density at radius 2 is 1.86 bits per heavy atom. The molecular weight excluding hydrogens is 304 g/mol. The van der Waals surface area contributed by atoms with Gasteiger partial charge >= 0.3 is 0 Å². The highest BCUT2D eigenvalue weighted by Gasteiger charge is 2.16. The van der Waals surface area contributed by atoms with Crippen LogP contribution >= 0.6 is 11.8 Å². The Labute approximate surface area is 133 Å². The van der Waals surface area contributed by atoms with Gasteiger partial charge < -0.3 is 5.32 Å². The zero-order chi connectivity index (χ0) is 15.6. The predicted octanol–water partition coefficient (Wildman–Crippen LogP) is 3.32. The number of para-hydroxylation sites is 1. The van der Waals surface area contributed by atoms with E-state index >= 15 is 0 Å². The van der Waals surface area contributed by atoms with Crippen LogP contribution in [0.3, 0.4) is 0 Å². The number of benzene rings is 1. The minimum Gasteiger partial charge on any atom is -0.384 e. The lowest BCUT2D eigenvalue weighted by Crippen LogP contribution is -2.25. The summed E-state index contributed by atoms with van der Waals surface area (Å²) in [5.74, 6) is 1.19. The fourth-order valence-corrected chi connectivity index (χ4v) is 3.74. The van der Waals surface area contributed by atoms with E-state index in [4.69, 9.17) is 0 Å². The highest BCUT2D eigenvalue weighted by molar-refractivity contribution is 7.98. The molecule has 0 aliphatic rings. The molecule has 120 valence electrons. The van der Waals surface area contributed by atoms with E-state index in [0.717, 1.165) is 25.8 Å². The molecule has 4 nitrogen and oxygen atoms in total. The molecular formula is C15H26N2O2S2. The smallest absolute Gasteiger partial charge is 0.242 e. The van der Waals surface area contributed by atoms with Crippen LogP contribution < -0.4 is 10.0 Å². The van der Waals surface area contributed by atoms with Crippen molar-refractivity contribution in [1.29, 1.82) is 0 Å². The number of unbranched alkanes of at least 4 members (excludes halogenated alkanes) is 2. The van der Waals surface area contributed by atoms with Crippen LogP contribution in [-0.4, -0.2) is 33.5 Å². The van der Waals surface area contributed by atoms with Crippen molar-refractivity contribution in [3.8, 4) is 0 Å². The van der Waals surface area contributed by atoms with Gasteiger partial charge in [0.1, 0.15) is 4.90 Å². The average molecular weight is 331 g/mol. The number of hydrogen-bond acceptors (Lipinski definition) is 4. The summed E-state index contributed by atoms with van der Waals surface area (Å²) in [7, 11) is -3.42. The maximum atomic E-state index is 12.2. The summed E-state index contributed by atoms with van der Waals surface area (Å²) in [6.45, 7) is 3.21. The van der Waals surface area contributed by atoms with Crippen molar-refractivity contribution < 1.29 is 8.42 Å². The number of thioether (sulfide) groups is 1. The molecule has 0 fully saturated rings. The minimum absolute atomic E-state index is 0.336. The summed E-state index contributed by atoms with van der Waals surface area (Å²) in [5.41, 5.74) is 0.686. The van der Waals surface area contributed by atoms with Gasteiger partial charge in [-0.05, 0) is 43.4 Å². The van der Waals surface area contributed by atoms with Crippen LogP contribution in [0.2, 0.25) is 0 Å². The molecule has 0 aliphatic carbocycles. The Bertz CT molecular complexity index is 504. The molecule has 0 saturated carbocycles. The second kappa shape index (κ2) is 10.1. The van der Waals surface area contributed by atoms with Gasteiger partial charge in [0.25, 0.3) is 0 Å². The summed E-state index contributed by atoms with van der Waals surface area (Å²) in [4.78, 5) is 0.336. The first-order valence-corrected chi connectivity index (χ1v) is 10.3. The largest absolute Gasteiger partial charge is 0.384 e. The zero-order valence-electron chi connectivity index (χ0n) is 12.9. The van der Waals surface area contributed by atoms with Gasteiger partial charge in [-0.3, -0.25) is 0 Å². The van der Waals surface area contributed by atoms with Crippen molar-refractivity contribution in [2.75, 3.05) is 30.4 Å². The fourth-order valence-electron chi connectivity index (χ4n) is 1.93. The Balaban J connectivity index is 2.59. The van der Waals surface area contributed by atoms with Gasteiger partial charge in [0.2, 0.25) is 10.0 Å². The maximum absolute atomic E-state index is 12.2. The van der Waals surface area contributed by atoms with Crippen LogP contribution in [0.1, 0.15) is 32.6 Å². The molecule has 1 rings (SSSR count). The van der Waals surface area contributed by atoms with Crippen LogP contribution in [0.15, 0.2) is 29.2 Å². The minimum atomic E-state index is -3.42. The van der Waals surface area contributed by atoms with Gasteiger partial charge in [-0.15, -0.1) is 0 Å². The van der Waals surface area contributed by atoms with Crippen LogP contribution in [0, 0.1) is 0 Å². The molecule has 2 N–H and O–H groups in total. The van der Waals surface area contributed by atoms with E-state index in [0.29, 0.717) is 17.1 Å². The zero-order valence-corrected chi connectivity index (χ0v) is 14.5. The Morgan fingerprint density at radius 1 is 1.10 bits per heavy atom. The topological polar surface area (TPSA) is 58.2 Å². The van der Waals surface area contributed by atoms with Gasteiger partial charge in [0.05, 0.1) is 5.69 Å². The number of anilines is 1. The Hall–Kier alpha value is -0.720. The second-order valence-corrected chi connectivity index (χ2v) is 7.60. The van der Waals surface area contributed by atoms with Crippen molar-refractivity contribution >= 4 is 27.5 Å². The SMILES string of the molecule is CCCNS(=O)(=O)c1ccccc1NCCCCCSC. The van der Waals surface area contributed by atoms with Crippen molar-refractivity contribution in [1.82, 2.24) is 4.72 Å². The standard InChI is InChI=1S/C15H26N2O2S2/c1-3-11-17-21(18,19)15-10-6-5-9-14(15)16-12-7-4-8-13-20-2/h5-6,9-10,16-17H,3-4,7-8,11-13H2,1-2H3. The molecule has 1 aromatic carbocycles. The summed E-state index contributed by atoms with van der Waals surface area (Å²) in [5, 5.41) is 3.25. The second-order valence-electron chi connectivity index (χ2n) is 4.87. The molecule has 0 unspecified atom stereocenters. The third kappa shape index (κ3) is 6.72. The third-order valence-corrected chi connectivity index (χ3v) is 5.28. The quantitative estimate of drug-likeness (QED) is 0.611. The molecule has 0 saturated heterocycles. The number of sulfonamides is 1. The van der Waals surface area contributed by atoms with E-state index in [2.05, 4.69) is 16.3 Å². The lowest BCUT2D eigenvalue weighted by molar-refractivity contribution is 0.581. The fraction of sp³-hybridized carbons (Fsp3) is 0.600. The van der Waals surface area contributed by atoms with Crippen molar-refractivity contribution in [3.63, 3.8) is 0 Å². The van der Waals surface area contributed by atoms with Gasteiger partial charge in [-0.2, -0.15) is 11.8 Å². The molecule has 1 aromatic rings. The maximum Gasteiger partial charge on any atom is 0.242 e. The molecule has 21 heavy (non-hydrogen) atoms. The van der Waals surface area contributed by atoms with E-state index in [1.165, 1.54) is 12.2 Å². The van der Waals surface area contributed by atoms with Crippen LogP contribution in [0.4, 0.5) is 5.69 Å². The highest BCUT2D eigenvalue weighted by atomic mass is 32.2. The third-order valence-electron chi connectivity index (χ3n) is 3.06. The van der Waals surface area contributed by atoms with Gasteiger partial charge in [-0.1, -0.05) is 25.5 Å². The molecule has 0 bridgehead atoms. The lowest BCUT2D eigenvalue weighted by Gasteiger charge is -2.13. The molecule has 0 aromatic heterocycles. The van der Waals surface area contributed by atoms with Crippen molar-refractivity contribution in [2.45, 2.75) is 37.5 Å². The van der Waals surface area contributed by atoms with E-state index in [9.17, 15) is 8.42 Å². The number of nitrogens with one attached hydrogen (secondary N) is 2. The normalized spacial score (nSPS) is 11.5. The number of rotatable bonds is 11. The van der Waals surface area contributed by atoms with Crippen LogP contribution in [0.25, 0.3) is 0 Å². The van der Waals surface area contributed by atoms with E-state index in [1.54, 1.807) is 12.1 Å². The Kier molecular flexibility index (Phi) is 8.80. The van der Waals surface area contributed by atoms with Crippen molar-refractivity contribution in [3.05, 3.63) is 24.3 Å². The van der Waals surface area contributed by atoms with Gasteiger partial charge in [-0.25, -0.2) is 13.1 Å². The van der Waals surface area contributed by atoms with Gasteiger partial charge in [0, 0.05) is 13.1 Å².